The normalized spacial score (nSPS) is 13.5. The van der Waals surface area contributed by atoms with Gasteiger partial charge in [0.05, 0.1) is 13.2 Å². The van der Waals surface area contributed by atoms with Gasteiger partial charge in [0.25, 0.3) is 14.7 Å². The highest BCUT2D eigenvalue weighted by molar-refractivity contribution is 7.74. The molecule has 222 valence electrons. The van der Waals surface area contributed by atoms with Crippen LogP contribution in [0.4, 0.5) is 0 Å². The monoisotopic (exact) mass is 602 g/mol. The zero-order chi connectivity index (χ0) is 29.7. The van der Waals surface area contributed by atoms with E-state index >= 15 is 0 Å². The van der Waals surface area contributed by atoms with Gasteiger partial charge >= 0.3 is 0 Å². The lowest BCUT2D eigenvalue weighted by atomic mass is 9.85. The van der Waals surface area contributed by atoms with E-state index in [-0.39, 0.29) is 11.8 Å². The summed E-state index contributed by atoms with van der Waals surface area (Å²) in [6.45, 7) is 5.07. The van der Waals surface area contributed by atoms with Crippen molar-refractivity contribution in [3.8, 4) is 0 Å². The zero-order valence-corrected chi connectivity index (χ0v) is 26.7. The maximum absolute atomic E-state index is 14.6. The first-order valence-corrected chi connectivity index (χ1v) is 18.5. The molecule has 4 nitrogen and oxygen atoms in total. The topological polar surface area (TPSA) is 52.6 Å². The smallest absolute Gasteiger partial charge is 0.261 e. The Labute approximate surface area is 252 Å². The van der Waals surface area contributed by atoms with Crippen molar-refractivity contribution >= 4 is 36.0 Å². The summed E-state index contributed by atoms with van der Waals surface area (Å²) < 4.78 is 42.3. The summed E-state index contributed by atoms with van der Waals surface area (Å²) in [6.07, 6.45) is 6.04. The molecule has 0 bridgehead atoms. The lowest BCUT2D eigenvalue weighted by Crippen LogP contribution is -2.28. The van der Waals surface area contributed by atoms with E-state index in [1.807, 2.05) is 121 Å². The second-order valence-corrected chi connectivity index (χ2v) is 15.6. The van der Waals surface area contributed by atoms with Crippen molar-refractivity contribution in [3.05, 3.63) is 121 Å². The number of unbranched alkanes of at least 4 members (excludes halogenated alkanes) is 2. The van der Waals surface area contributed by atoms with Gasteiger partial charge in [0, 0.05) is 21.2 Å². The van der Waals surface area contributed by atoms with Crippen LogP contribution >= 0.6 is 14.7 Å². The van der Waals surface area contributed by atoms with Crippen molar-refractivity contribution in [2.24, 2.45) is 11.8 Å². The van der Waals surface area contributed by atoms with Crippen LogP contribution in [0.1, 0.15) is 52.4 Å². The van der Waals surface area contributed by atoms with Crippen LogP contribution in [0.5, 0.6) is 0 Å². The van der Waals surface area contributed by atoms with E-state index in [4.69, 9.17) is 9.05 Å². The third-order valence-electron chi connectivity index (χ3n) is 7.85. The minimum atomic E-state index is -3.32. The average molecular weight is 603 g/mol. The summed E-state index contributed by atoms with van der Waals surface area (Å²) in [7, 11) is -6.64. The Kier molecular flexibility index (Phi) is 12.4. The molecule has 6 heteroatoms. The minimum Gasteiger partial charge on any atom is -0.322 e. The molecule has 4 aromatic carbocycles. The van der Waals surface area contributed by atoms with Gasteiger partial charge in [0.15, 0.2) is 0 Å². The van der Waals surface area contributed by atoms with E-state index in [0.717, 1.165) is 38.5 Å². The van der Waals surface area contributed by atoms with E-state index in [0.29, 0.717) is 34.4 Å². The standard InChI is InChI=1S/C36H44O4P2/c1-3-5-19-31(29-39-41(37,33-21-11-7-12-22-33)34-23-13-8-14-24-34)32(20-6-4-2)30-40-42(38,35-25-15-9-16-26-35)36-27-17-10-18-28-36/h7-18,21-28,31-32H,3-6,19-20,29-30H2,1-2H3. The van der Waals surface area contributed by atoms with Crippen molar-refractivity contribution in [3.63, 3.8) is 0 Å². The van der Waals surface area contributed by atoms with Crippen molar-refractivity contribution in [2.75, 3.05) is 13.2 Å². The lowest BCUT2D eigenvalue weighted by Gasteiger charge is -2.31. The molecule has 0 aliphatic rings. The molecule has 0 aliphatic heterocycles. The molecule has 0 aromatic heterocycles. The molecule has 0 fully saturated rings. The molecule has 4 aromatic rings. The average Bonchev–Trinajstić information content (AvgIpc) is 3.06. The fraction of sp³-hybridized carbons (Fsp3) is 0.333. The van der Waals surface area contributed by atoms with Crippen molar-refractivity contribution < 1.29 is 18.2 Å². The molecule has 2 unspecified atom stereocenters. The second-order valence-electron chi connectivity index (χ2n) is 10.8. The third kappa shape index (κ3) is 8.21. The maximum atomic E-state index is 14.6. The van der Waals surface area contributed by atoms with Gasteiger partial charge < -0.3 is 9.05 Å². The first-order valence-electron chi connectivity index (χ1n) is 15.2. The van der Waals surface area contributed by atoms with Crippen molar-refractivity contribution in [1.29, 1.82) is 0 Å². The summed E-state index contributed by atoms with van der Waals surface area (Å²) in [4.78, 5) is 0. The van der Waals surface area contributed by atoms with Gasteiger partial charge in [0.2, 0.25) is 0 Å². The highest BCUT2D eigenvalue weighted by Gasteiger charge is 2.34. The first kappa shape index (κ1) is 32.2. The van der Waals surface area contributed by atoms with Gasteiger partial charge in [-0.25, -0.2) is 0 Å². The van der Waals surface area contributed by atoms with Crippen LogP contribution in [-0.2, 0) is 18.2 Å². The van der Waals surface area contributed by atoms with Gasteiger partial charge in [-0.1, -0.05) is 112 Å². The number of hydrogen-bond acceptors (Lipinski definition) is 4. The largest absolute Gasteiger partial charge is 0.322 e. The van der Waals surface area contributed by atoms with E-state index in [9.17, 15) is 9.13 Å². The summed E-state index contributed by atoms with van der Waals surface area (Å²) >= 11 is 0. The number of benzene rings is 4. The predicted octanol–water partition coefficient (Wildman–Crippen LogP) is 8.49. The molecule has 0 radical (unpaired) electrons. The van der Waals surface area contributed by atoms with Crippen LogP contribution in [0.3, 0.4) is 0 Å². The summed E-state index contributed by atoms with van der Waals surface area (Å²) in [5, 5.41) is 2.79. The van der Waals surface area contributed by atoms with E-state index in [1.54, 1.807) is 0 Å². The molecular weight excluding hydrogens is 558 g/mol. The number of hydrogen-bond donors (Lipinski definition) is 0. The Hall–Kier alpha value is -2.74. The van der Waals surface area contributed by atoms with Gasteiger partial charge in [-0.05, 0) is 73.2 Å². The van der Waals surface area contributed by atoms with Gasteiger partial charge in [0.1, 0.15) is 0 Å². The minimum absolute atomic E-state index is 0.109. The fourth-order valence-electron chi connectivity index (χ4n) is 5.34. The molecule has 0 aliphatic carbocycles. The second kappa shape index (κ2) is 16.2. The first-order chi connectivity index (χ1) is 20.5. The van der Waals surface area contributed by atoms with E-state index in [2.05, 4.69) is 13.8 Å². The Bertz CT molecular complexity index is 1210. The van der Waals surface area contributed by atoms with Crippen LogP contribution in [0, 0.1) is 11.8 Å². The Morgan fingerprint density at radius 3 is 0.976 bits per heavy atom. The molecule has 42 heavy (non-hydrogen) atoms. The SMILES string of the molecule is CCCCC(COP(=O)(c1ccccc1)c1ccccc1)C(CCCC)COP(=O)(c1ccccc1)c1ccccc1. The molecule has 4 rings (SSSR count). The highest BCUT2D eigenvalue weighted by atomic mass is 31.2. The van der Waals surface area contributed by atoms with Gasteiger partial charge in [-0.15, -0.1) is 0 Å². The Balaban J connectivity index is 1.63. The molecule has 0 saturated carbocycles. The quantitative estimate of drug-likeness (QED) is 0.114. The molecule has 0 amide bonds. The maximum Gasteiger partial charge on any atom is 0.261 e. The molecule has 0 saturated heterocycles. The van der Waals surface area contributed by atoms with Crippen molar-refractivity contribution in [1.82, 2.24) is 0 Å². The molecule has 2 atom stereocenters. The Morgan fingerprint density at radius 1 is 0.476 bits per heavy atom. The van der Waals surface area contributed by atoms with Crippen molar-refractivity contribution in [2.45, 2.75) is 52.4 Å². The number of rotatable bonds is 17. The van der Waals surface area contributed by atoms with Crippen LogP contribution in [0.25, 0.3) is 0 Å². The highest BCUT2D eigenvalue weighted by Crippen LogP contribution is 2.48. The molecule has 0 N–H and O–H groups in total. The van der Waals surface area contributed by atoms with Crippen LogP contribution in [0.15, 0.2) is 121 Å². The molecular formula is C36H44O4P2. The van der Waals surface area contributed by atoms with Gasteiger partial charge in [-0.2, -0.15) is 0 Å². The third-order valence-corrected chi connectivity index (χ3v) is 12.8. The summed E-state index contributed by atoms with van der Waals surface area (Å²) in [6, 6.07) is 38.1. The summed E-state index contributed by atoms with van der Waals surface area (Å²) in [5.41, 5.74) is 0. The fourth-order valence-corrected chi connectivity index (χ4v) is 9.59. The van der Waals surface area contributed by atoms with E-state index in [1.165, 1.54) is 0 Å². The van der Waals surface area contributed by atoms with E-state index < -0.39 is 14.7 Å². The van der Waals surface area contributed by atoms with Crippen LogP contribution in [0.2, 0.25) is 0 Å². The molecule has 0 spiro atoms. The predicted molar refractivity (Wildman–Crippen MR) is 177 cm³/mol. The van der Waals surface area contributed by atoms with Crippen LogP contribution < -0.4 is 21.2 Å². The van der Waals surface area contributed by atoms with Crippen LogP contribution in [-0.4, -0.2) is 13.2 Å². The zero-order valence-electron chi connectivity index (χ0n) is 24.9. The molecule has 0 heterocycles. The Morgan fingerprint density at radius 2 is 0.738 bits per heavy atom. The lowest BCUT2D eigenvalue weighted by molar-refractivity contribution is 0.131. The van der Waals surface area contributed by atoms with Gasteiger partial charge in [-0.3, -0.25) is 9.13 Å². The summed E-state index contributed by atoms with van der Waals surface area (Å²) in [5.74, 6) is 0.217.